The van der Waals surface area contributed by atoms with Crippen molar-refractivity contribution in [1.82, 2.24) is 10.3 Å². The zero-order chi connectivity index (χ0) is 14.5. The largest absolute Gasteiger partial charge is 0.370 e. The van der Waals surface area contributed by atoms with E-state index in [0.29, 0.717) is 6.04 Å². The number of rotatable bonds is 6. The fourth-order valence-electron chi connectivity index (χ4n) is 2.83. The minimum absolute atomic E-state index is 0.606. The molecule has 2 aromatic rings. The number of para-hydroxylation sites is 1. The Labute approximate surface area is 131 Å². The fraction of sp³-hybridized carbons (Fsp3) is 0.471. The topological polar surface area (TPSA) is 28.2 Å². The standard InChI is InChI=1S/C17H23N3S/c1-2-17-19-15(13-21-17)8-10-18-14-9-11-20(12-14)16-6-4-3-5-7-16/h3-7,13-14,18H,2,8-12H2,1H3/t14-/m0/s1. The van der Waals surface area contributed by atoms with Crippen molar-refractivity contribution in [2.75, 3.05) is 24.5 Å². The molecular formula is C17H23N3S. The summed E-state index contributed by atoms with van der Waals surface area (Å²) in [6.07, 6.45) is 3.32. The second-order valence-electron chi connectivity index (χ2n) is 5.56. The quantitative estimate of drug-likeness (QED) is 0.888. The zero-order valence-electron chi connectivity index (χ0n) is 12.6. The van der Waals surface area contributed by atoms with Crippen LogP contribution in [0, 0.1) is 0 Å². The summed E-state index contributed by atoms with van der Waals surface area (Å²) >= 11 is 1.78. The third-order valence-corrected chi connectivity index (χ3v) is 5.07. The first-order valence-corrected chi connectivity index (χ1v) is 8.70. The summed E-state index contributed by atoms with van der Waals surface area (Å²) in [7, 11) is 0. The number of benzene rings is 1. The van der Waals surface area contributed by atoms with Crippen LogP contribution in [0.1, 0.15) is 24.0 Å². The van der Waals surface area contributed by atoms with E-state index in [0.717, 1.165) is 32.5 Å². The number of aryl methyl sites for hydroxylation is 1. The summed E-state index contributed by atoms with van der Waals surface area (Å²) in [5.41, 5.74) is 2.58. The van der Waals surface area contributed by atoms with Gasteiger partial charge in [-0.15, -0.1) is 11.3 Å². The van der Waals surface area contributed by atoms with Crippen LogP contribution < -0.4 is 10.2 Å². The van der Waals surface area contributed by atoms with E-state index in [4.69, 9.17) is 0 Å². The summed E-state index contributed by atoms with van der Waals surface area (Å²) in [5.74, 6) is 0. The van der Waals surface area contributed by atoms with Gasteiger partial charge in [0.15, 0.2) is 0 Å². The van der Waals surface area contributed by atoms with Gasteiger partial charge >= 0.3 is 0 Å². The van der Waals surface area contributed by atoms with Crippen molar-refractivity contribution in [1.29, 1.82) is 0 Å². The average molecular weight is 301 g/mol. The molecule has 21 heavy (non-hydrogen) atoms. The molecule has 1 aromatic heterocycles. The maximum absolute atomic E-state index is 4.62. The first kappa shape index (κ1) is 14.5. The van der Waals surface area contributed by atoms with Crippen molar-refractivity contribution in [2.45, 2.75) is 32.2 Å². The maximum atomic E-state index is 4.62. The minimum Gasteiger partial charge on any atom is -0.370 e. The number of hydrogen-bond acceptors (Lipinski definition) is 4. The van der Waals surface area contributed by atoms with Gasteiger partial charge in [0.25, 0.3) is 0 Å². The molecule has 1 aromatic carbocycles. The summed E-state index contributed by atoms with van der Waals surface area (Å²) < 4.78 is 0. The predicted molar refractivity (Wildman–Crippen MR) is 90.3 cm³/mol. The van der Waals surface area contributed by atoms with Gasteiger partial charge in [-0.25, -0.2) is 4.98 Å². The normalized spacial score (nSPS) is 18.3. The van der Waals surface area contributed by atoms with Gasteiger partial charge in [0.2, 0.25) is 0 Å². The molecule has 4 heteroatoms. The maximum Gasteiger partial charge on any atom is 0.0925 e. The summed E-state index contributed by atoms with van der Waals surface area (Å²) in [4.78, 5) is 7.09. The molecule has 2 heterocycles. The molecule has 3 rings (SSSR count). The van der Waals surface area contributed by atoms with Crippen molar-refractivity contribution in [3.63, 3.8) is 0 Å². The zero-order valence-corrected chi connectivity index (χ0v) is 13.4. The summed E-state index contributed by atoms with van der Waals surface area (Å²) in [5, 5.41) is 7.13. The van der Waals surface area contributed by atoms with Gasteiger partial charge < -0.3 is 10.2 Å². The molecule has 0 saturated carbocycles. The molecule has 0 unspecified atom stereocenters. The Balaban J connectivity index is 1.43. The summed E-state index contributed by atoms with van der Waals surface area (Å²) in [6.45, 7) is 5.46. The van der Waals surface area contributed by atoms with Crippen molar-refractivity contribution in [2.24, 2.45) is 0 Å². The smallest absolute Gasteiger partial charge is 0.0925 e. The highest BCUT2D eigenvalue weighted by molar-refractivity contribution is 7.09. The number of thiazole rings is 1. The Morgan fingerprint density at radius 3 is 2.95 bits per heavy atom. The number of nitrogens with zero attached hydrogens (tertiary/aromatic N) is 2. The van der Waals surface area contributed by atoms with Crippen molar-refractivity contribution in [3.05, 3.63) is 46.4 Å². The van der Waals surface area contributed by atoms with Crippen molar-refractivity contribution < 1.29 is 0 Å². The van der Waals surface area contributed by atoms with E-state index in [1.54, 1.807) is 11.3 Å². The Morgan fingerprint density at radius 1 is 1.33 bits per heavy atom. The van der Waals surface area contributed by atoms with Crippen molar-refractivity contribution >= 4 is 17.0 Å². The van der Waals surface area contributed by atoms with Gasteiger partial charge in [-0.05, 0) is 25.0 Å². The Bertz CT molecular complexity index is 552. The Morgan fingerprint density at radius 2 is 2.19 bits per heavy atom. The molecule has 0 aliphatic carbocycles. The van der Waals surface area contributed by atoms with Crippen LogP contribution in [0.5, 0.6) is 0 Å². The highest BCUT2D eigenvalue weighted by Gasteiger charge is 2.21. The van der Waals surface area contributed by atoms with Crippen LogP contribution in [-0.2, 0) is 12.8 Å². The number of hydrogen-bond donors (Lipinski definition) is 1. The van der Waals surface area contributed by atoms with Crippen LogP contribution in [0.15, 0.2) is 35.7 Å². The first-order chi connectivity index (χ1) is 10.3. The second-order valence-corrected chi connectivity index (χ2v) is 6.50. The van der Waals surface area contributed by atoms with E-state index in [9.17, 15) is 0 Å². The molecule has 1 fully saturated rings. The lowest BCUT2D eigenvalue weighted by Gasteiger charge is -2.18. The highest BCUT2D eigenvalue weighted by Crippen LogP contribution is 2.19. The molecule has 1 aliphatic heterocycles. The van der Waals surface area contributed by atoms with Gasteiger partial charge in [0.05, 0.1) is 10.7 Å². The number of nitrogens with one attached hydrogen (secondary N) is 1. The molecule has 3 nitrogen and oxygen atoms in total. The molecule has 112 valence electrons. The van der Waals surface area contributed by atoms with E-state index in [1.807, 2.05) is 0 Å². The number of aromatic nitrogens is 1. The van der Waals surface area contributed by atoms with Gasteiger partial charge in [0.1, 0.15) is 0 Å². The molecule has 1 atom stereocenters. The molecule has 0 radical (unpaired) electrons. The fourth-order valence-corrected chi connectivity index (χ4v) is 3.61. The van der Waals surface area contributed by atoms with Gasteiger partial charge in [-0.2, -0.15) is 0 Å². The van der Waals surface area contributed by atoms with E-state index in [-0.39, 0.29) is 0 Å². The lowest BCUT2D eigenvalue weighted by molar-refractivity contribution is 0.552. The molecule has 0 spiro atoms. The van der Waals surface area contributed by atoms with E-state index in [1.165, 1.54) is 22.8 Å². The highest BCUT2D eigenvalue weighted by atomic mass is 32.1. The average Bonchev–Trinajstić information content (AvgIpc) is 3.17. The molecule has 1 aliphatic rings. The van der Waals surface area contributed by atoms with Crippen LogP contribution in [-0.4, -0.2) is 30.7 Å². The Kier molecular flexibility index (Phi) is 4.88. The third-order valence-electron chi connectivity index (χ3n) is 4.03. The lowest BCUT2D eigenvalue weighted by atomic mass is 10.2. The van der Waals surface area contributed by atoms with Crippen LogP contribution in [0.3, 0.4) is 0 Å². The van der Waals surface area contributed by atoms with E-state index >= 15 is 0 Å². The predicted octanol–water partition coefficient (Wildman–Crippen LogP) is 3.12. The minimum atomic E-state index is 0.606. The first-order valence-electron chi connectivity index (χ1n) is 7.82. The van der Waals surface area contributed by atoms with Crippen LogP contribution in [0.2, 0.25) is 0 Å². The molecule has 1 N–H and O–H groups in total. The van der Waals surface area contributed by atoms with E-state index < -0.39 is 0 Å². The van der Waals surface area contributed by atoms with Crippen LogP contribution in [0.4, 0.5) is 5.69 Å². The van der Waals surface area contributed by atoms with Gasteiger partial charge in [-0.1, -0.05) is 25.1 Å². The SMILES string of the molecule is CCc1nc(CCN[C@H]2CCN(c3ccccc3)C2)cs1. The monoisotopic (exact) mass is 301 g/mol. The molecule has 0 amide bonds. The van der Waals surface area contributed by atoms with Crippen molar-refractivity contribution in [3.8, 4) is 0 Å². The lowest BCUT2D eigenvalue weighted by Crippen LogP contribution is -2.33. The molecular weight excluding hydrogens is 278 g/mol. The Hall–Kier alpha value is -1.39. The van der Waals surface area contributed by atoms with Crippen LogP contribution in [0.25, 0.3) is 0 Å². The second kappa shape index (κ2) is 7.05. The third kappa shape index (κ3) is 3.83. The molecule has 1 saturated heterocycles. The number of anilines is 1. The molecule has 0 bridgehead atoms. The van der Waals surface area contributed by atoms with Gasteiger partial charge in [-0.3, -0.25) is 0 Å². The van der Waals surface area contributed by atoms with E-state index in [2.05, 4.69) is 57.8 Å². The van der Waals surface area contributed by atoms with Crippen LogP contribution >= 0.6 is 11.3 Å². The van der Waals surface area contributed by atoms with Gasteiger partial charge in [0, 0.05) is 43.2 Å². The summed E-state index contributed by atoms with van der Waals surface area (Å²) in [6, 6.07) is 11.3.